The zero-order valence-corrected chi connectivity index (χ0v) is 13.3. The highest BCUT2D eigenvalue weighted by molar-refractivity contribution is 5.31. The summed E-state index contributed by atoms with van der Waals surface area (Å²) in [6.07, 6.45) is 5.98. The van der Waals surface area contributed by atoms with Gasteiger partial charge in [-0.3, -0.25) is 0 Å². The summed E-state index contributed by atoms with van der Waals surface area (Å²) < 4.78 is 5.68. The minimum atomic E-state index is -0.450. The summed E-state index contributed by atoms with van der Waals surface area (Å²) in [5.41, 5.74) is 1.11. The van der Waals surface area contributed by atoms with E-state index >= 15 is 0 Å². The third-order valence-corrected chi connectivity index (χ3v) is 4.59. The first kappa shape index (κ1) is 16.3. The van der Waals surface area contributed by atoms with Crippen molar-refractivity contribution in [2.75, 3.05) is 13.2 Å². The number of aliphatic hydroxyl groups is 1. The van der Waals surface area contributed by atoms with Crippen molar-refractivity contribution in [3.63, 3.8) is 0 Å². The topological polar surface area (TPSA) is 41.5 Å². The molecule has 0 aliphatic heterocycles. The van der Waals surface area contributed by atoms with Crippen LogP contribution >= 0.6 is 0 Å². The smallest absolute Gasteiger partial charge is 0.122 e. The maximum Gasteiger partial charge on any atom is 0.122 e. The minimum absolute atomic E-state index is 0.349. The molecule has 1 unspecified atom stereocenters. The summed E-state index contributed by atoms with van der Waals surface area (Å²) in [6, 6.07) is 8.49. The van der Waals surface area contributed by atoms with Gasteiger partial charge in [-0.25, -0.2) is 0 Å². The third-order valence-electron chi connectivity index (χ3n) is 4.59. The summed E-state index contributed by atoms with van der Waals surface area (Å²) in [4.78, 5) is 0. The Balaban J connectivity index is 1.64. The molecule has 1 fully saturated rings. The Morgan fingerprint density at radius 1 is 1.24 bits per heavy atom. The van der Waals surface area contributed by atoms with Crippen LogP contribution in [0.1, 0.15) is 44.6 Å². The molecule has 1 aromatic carbocycles. The molecule has 0 spiro atoms. The average molecular weight is 291 g/mol. The molecule has 0 bridgehead atoms. The third kappa shape index (κ3) is 5.33. The monoisotopic (exact) mass is 291 g/mol. The van der Waals surface area contributed by atoms with Gasteiger partial charge in [0.25, 0.3) is 0 Å². The van der Waals surface area contributed by atoms with E-state index in [0.717, 1.165) is 17.2 Å². The molecule has 1 saturated carbocycles. The minimum Gasteiger partial charge on any atom is -0.491 e. The maximum absolute atomic E-state index is 10.0. The van der Waals surface area contributed by atoms with Crippen LogP contribution in [0.2, 0.25) is 0 Å². The van der Waals surface area contributed by atoms with Gasteiger partial charge in [0.05, 0.1) is 0 Å². The molecule has 3 heteroatoms. The highest BCUT2D eigenvalue weighted by atomic mass is 16.5. The SMILES string of the molecule is CCC1CCC(NCC(O)COc2ccccc2C)CC1. The van der Waals surface area contributed by atoms with Crippen molar-refractivity contribution < 1.29 is 9.84 Å². The average Bonchev–Trinajstić information content (AvgIpc) is 2.52. The molecule has 0 amide bonds. The Labute approximate surface area is 128 Å². The number of benzene rings is 1. The van der Waals surface area contributed by atoms with E-state index in [1.807, 2.05) is 31.2 Å². The standard InChI is InChI=1S/C18H29NO2/c1-3-15-8-10-16(11-9-15)19-12-17(20)13-21-18-7-5-4-6-14(18)2/h4-7,15-17,19-20H,3,8-13H2,1-2H3. The van der Waals surface area contributed by atoms with Crippen molar-refractivity contribution in [3.8, 4) is 5.75 Å². The number of aryl methyl sites for hydroxylation is 1. The summed E-state index contributed by atoms with van der Waals surface area (Å²) in [6.45, 7) is 5.27. The van der Waals surface area contributed by atoms with Gasteiger partial charge < -0.3 is 15.2 Å². The number of hydrogen-bond donors (Lipinski definition) is 2. The van der Waals surface area contributed by atoms with Crippen LogP contribution in [-0.4, -0.2) is 30.4 Å². The molecule has 3 nitrogen and oxygen atoms in total. The fourth-order valence-electron chi connectivity index (χ4n) is 3.04. The summed E-state index contributed by atoms with van der Waals surface area (Å²) in [5.74, 6) is 1.78. The van der Waals surface area contributed by atoms with Crippen LogP contribution in [0.5, 0.6) is 5.75 Å². The normalized spacial score (nSPS) is 23.8. The van der Waals surface area contributed by atoms with Gasteiger partial charge in [-0.2, -0.15) is 0 Å². The summed E-state index contributed by atoms with van der Waals surface area (Å²) in [5, 5.41) is 13.5. The van der Waals surface area contributed by atoms with Crippen molar-refractivity contribution in [3.05, 3.63) is 29.8 Å². The Hall–Kier alpha value is -1.06. The molecule has 21 heavy (non-hydrogen) atoms. The van der Waals surface area contributed by atoms with Crippen molar-refractivity contribution in [1.82, 2.24) is 5.32 Å². The van der Waals surface area contributed by atoms with Crippen LogP contribution in [0.15, 0.2) is 24.3 Å². The first-order valence-corrected chi connectivity index (χ1v) is 8.29. The largest absolute Gasteiger partial charge is 0.491 e. The second-order valence-electron chi connectivity index (χ2n) is 6.26. The Morgan fingerprint density at radius 2 is 1.95 bits per heavy atom. The highest BCUT2D eigenvalue weighted by Gasteiger charge is 2.20. The number of ether oxygens (including phenoxy) is 1. The fraction of sp³-hybridized carbons (Fsp3) is 0.667. The lowest BCUT2D eigenvalue weighted by atomic mass is 9.84. The molecule has 1 atom stereocenters. The molecule has 1 aliphatic carbocycles. The lowest BCUT2D eigenvalue weighted by Gasteiger charge is -2.29. The summed E-state index contributed by atoms with van der Waals surface area (Å²) >= 11 is 0. The molecular weight excluding hydrogens is 262 g/mol. The number of para-hydroxylation sites is 1. The number of hydrogen-bond acceptors (Lipinski definition) is 3. The Kier molecular flexibility index (Phi) is 6.52. The van der Waals surface area contributed by atoms with E-state index < -0.39 is 6.10 Å². The van der Waals surface area contributed by atoms with Gasteiger partial charge in [0.2, 0.25) is 0 Å². The van der Waals surface area contributed by atoms with E-state index in [-0.39, 0.29) is 0 Å². The van der Waals surface area contributed by atoms with E-state index in [2.05, 4.69) is 12.2 Å². The van der Waals surface area contributed by atoms with Crippen LogP contribution < -0.4 is 10.1 Å². The lowest BCUT2D eigenvalue weighted by molar-refractivity contribution is 0.100. The number of nitrogens with one attached hydrogen (secondary N) is 1. The van der Waals surface area contributed by atoms with Crippen LogP contribution in [-0.2, 0) is 0 Å². The number of rotatable bonds is 7. The van der Waals surface area contributed by atoms with Gasteiger partial charge >= 0.3 is 0 Å². The van der Waals surface area contributed by atoms with Crippen molar-refractivity contribution in [1.29, 1.82) is 0 Å². The predicted octanol–water partition coefficient (Wildman–Crippen LogP) is 3.29. The van der Waals surface area contributed by atoms with Gasteiger partial charge in [-0.15, -0.1) is 0 Å². The van der Waals surface area contributed by atoms with Crippen LogP contribution in [0.25, 0.3) is 0 Å². The molecule has 2 rings (SSSR count). The van der Waals surface area contributed by atoms with Gasteiger partial charge in [0, 0.05) is 12.6 Å². The first-order valence-electron chi connectivity index (χ1n) is 8.29. The van der Waals surface area contributed by atoms with Gasteiger partial charge in [0.15, 0.2) is 0 Å². The molecule has 118 valence electrons. The van der Waals surface area contributed by atoms with Crippen molar-refractivity contribution in [2.24, 2.45) is 5.92 Å². The van der Waals surface area contributed by atoms with E-state index in [1.54, 1.807) is 0 Å². The highest BCUT2D eigenvalue weighted by Crippen LogP contribution is 2.26. The second-order valence-corrected chi connectivity index (χ2v) is 6.26. The van der Waals surface area contributed by atoms with Crippen LogP contribution in [0, 0.1) is 12.8 Å². The molecule has 0 aromatic heterocycles. The van der Waals surface area contributed by atoms with E-state index in [0.29, 0.717) is 19.2 Å². The zero-order valence-electron chi connectivity index (χ0n) is 13.3. The van der Waals surface area contributed by atoms with E-state index in [9.17, 15) is 5.11 Å². The maximum atomic E-state index is 10.0. The fourth-order valence-corrected chi connectivity index (χ4v) is 3.04. The zero-order chi connectivity index (χ0) is 15.1. The quantitative estimate of drug-likeness (QED) is 0.810. The molecule has 0 saturated heterocycles. The van der Waals surface area contributed by atoms with Gasteiger partial charge in [0.1, 0.15) is 18.5 Å². The first-order chi connectivity index (χ1) is 10.2. The molecular formula is C18H29NO2. The van der Waals surface area contributed by atoms with Crippen molar-refractivity contribution >= 4 is 0 Å². The van der Waals surface area contributed by atoms with Crippen LogP contribution in [0.3, 0.4) is 0 Å². The molecule has 1 aromatic rings. The molecule has 0 radical (unpaired) electrons. The summed E-state index contributed by atoms with van der Waals surface area (Å²) in [7, 11) is 0. The lowest BCUT2D eigenvalue weighted by Crippen LogP contribution is -2.39. The Bertz CT molecular complexity index is 413. The van der Waals surface area contributed by atoms with E-state index in [4.69, 9.17) is 4.74 Å². The van der Waals surface area contributed by atoms with E-state index in [1.165, 1.54) is 32.1 Å². The molecule has 0 heterocycles. The number of aliphatic hydroxyl groups excluding tert-OH is 1. The molecule has 2 N–H and O–H groups in total. The Morgan fingerprint density at radius 3 is 2.62 bits per heavy atom. The van der Waals surface area contributed by atoms with Gasteiger partial charge in [-0.1, -0.05) is 31.5 Å². The predicted molar refractivity (Wildman–Crippen MR) is 86.7 cm³/mol. The second kappa shape index (κ2) is 8.40. The molecule has 1 aliphatic rings. The van der Waals surface area contributed by atoms with Crippen LogP contribution in [0.4, 0.5) is 0 Å². The van der Waals surface area contributed by atoms with Crippen molar-refractivity contribution in [2.45, 2.75) is 58.1 Å². The van der Waals surface area contributed by atoms with Gasteiger partial charge in [-0.05, 0) is 50.2 Å².